The van der Waals surface area contributed by atoms with Gasteiger partial charge in [0.2, 0.25) is 5.91 Å². The summed E-state index contributed by atoms with van der Waals surface area (Å²) < 4.78 is 6.01. The van der Waals surface area contributed by atoms with Gasteiger partial charge in [0.25, 0.3) is 0 Å². The Morgan fingerprint density at radius 2 is 2.03 bits per heavy atom. The Kier molecular flexibility index (Phi) is 6.22. The number of nitrogens with zero attached hydrogens (tertiary/aromatic N) is 5. The van der Waals surface area contributed by atoms with E-state index in [1.807, 2.05) is 18.3 Å². The molecule has 1 aliphatic heterocycles. The van der Waals surface area contributed by atoms with Crippen LogP contribution in [0.3, 0.4) is 0 Å². The maximum Gasteiger partial charge on any atom is 0.228 e. The lowest BCUT2D eigenvalue weighted by Crippen LogP contribution is -2.41. The van der Waals surface area contributed by atoms with E-state index in [0.717, 1.165) is 37.9 Å². The van der Waals surface area contributed by atoms with Gasteiger partial charge in [-0.25, -0.2) is 9.97 Å². The summed E-state index contributed by atoms with van der Waals surface area (Å²) in [6.07, 6.45) is 6.04. The molecule has 0 radical (unpaired) electrons. The molecule has 0 unspecified atom stereocenters. The number of rotatable bonds is 5. The Morgan fingerprint density at radius 3 is 2.76 bits per heavy atom. The summed E-state index contributed by atoms with van der Waals surface area (Å²) in [5, 5.41) is 15.2. The van der Waals surface area contributed by atoms with E-state index in [2.05, 4.69) is 67.6 Å². The molecule has 0 bridgehead atoms. The molecule has 0 spiro atoms. The Bertz CT molecular complexity index is 1400. The summed E-state index contributed by atoms with van der Waals surface area (Å²) in [4.78, 5) is 23.8. The molecule has 37 heavy (non-hydrogen) atoms. The molecule has 3 fully saturated rings. The van der Waals surface area contributed by atoms with Crippen molar-refractivity contribution in [2.45, 2.75) is 31.8 Å². The first kappa shape index (κ1) is 23.8. The predicted molar refractivity (Wildman–Crippen MR) is 141 cm³/mol. The monoisotopic (exact) mass is 497 g/mol. The number of carbonyl (C=O) groups excluding carboxylic acids is 1. The maximum absolute atomic E-state index is 12.4. The molecule has 9 heteroatoms. The van der Waals surface area contributed by atoms with Crippen molar-refractivity contribution in [3.63, 3.8) is 0 Å². The third-order valence-electron chi connectivity index (χ3n) is 7.72. The van der Waals surface area contributed by atoms with Gasteiger partial charge in [0.05, 0.1) is 18.3 Å². The van der Waals surface area contributed by atoms with E-state index < -0.39 is 0 Å². The molecule has 190 valence electrons. The smallest absolute Gasteiger partial charge is 0.228 e. The second-order valence-electron chi connectivity index (χ2n) is 10.5. The van der Waals surface area contributed by atoms with Gasteiger partial charge in [0.15, 0.2) is 11.6 Å². The van der Waals surface area contributed by atoms with Crippen molar-refractivity contribution >= 4 is 28.4 Å². The van der Waals surface area contributed by atoms with Gasteiger partial charge >= 0.3 is 0 Å². The van der Waals surface area contributed by atoms with Crippen LogP contribution in [-0.2, 0) is 9.53 Å². The Labute approximate surface area is 216 Å². The van der Waals surface area contributed by atoms with Gasteiger partial charge in [0, 0.05) is 43.8 Å². The molecule has 3 aromatic rings. The summed E-state index contributed by atoms with van der Waals surface area (Å²) >= 11 is 0. The summed E-state index contributed by atoms with van der Waals surface area (Å²) in [7, 11) is 3.94. The summed E-state index contributed by atoms with van der Waals surface area (Å²) in [6.45, 7) is 4.90. The molecule has 1 saturated heterocycles. The first-order chi connectivity index (χ1) is 18.0. The van der Waals surface area contributed by atoms with Crippen molar-refractivity contribution < 1.29 is 9.53 Å². The van der Waals surface area contributed by atoms with Crippen LogP contribution in [0.5, 0.6) is 0 Å². The lowest BCUT2D eigenvalue weighted by molar-refractivity contribution is -0.117. The highest BCUT2D eigenvalue weighted by atomic mass is 16.5. The van der Waals surface area contributed by atoms with Crippen molar-refractivity contribution in [1.29, 1.82) is 0 Å². The lowest BCUT2D eigenvalue weighted by atomic mass is 10.1. The first-order valence-corrected chi connectivity index (χ1v) is 12.9. The van der Waals surface area contributed by atoms with Gasteiger partial charge in [-0.2, -0.15) is 0 Å². The van der Waals surface area contributed by atoms with Crippen LogP contribution in [0.15, 0.2) is 30.6 Å². The standard InChI is InChI=1S/C28H31N7O2/c1-16-10-20(16)28(36)32-25-12-22-18(14-31-27(29-2)26(22)34-33-25)5-7-19-6-4-17(13-30-19)21-11-23(21)24-15-35(3)8-9-37-24/h4,6,12-14,16,20-21,23-24H,8-11,15H2,1-3H3,(H,29,31)(H,32,33,36)/t16-,20+,21-,23+,24-/m1/s1. The topological polar surface area (TPSA) is 105 Å². The summed E-state index contributed by atoms with van der Waals surface area (Å²) in [5.41, 5.74) is 3.24. The van der Waals surface area contributed by atoms with Gasteiger partial charge in [-0.1, -0.05) is 18.9 Å². The zero-order chi connectivity index (χ0) is 25.5. The average Bonchev–Trinajstić information content (AvgIpc) is 3.84. The van der Waals surface area contributed by atoms with Crippen LogP contribution < -0.4 is 10.6 Å². The van der Waals surface area contributed by atoms with Gasteiger partial charge in [0.1, 0.15) is 11.2 Å². The van der Waals surface area contributed by atoms with Crippen LogP contribution >= 0.6 is 0 Å². The largest absolute Gasteiger partial charge is 0.375 e. The van der Waals surface area contributed by atoms with E-state index in [9.17, 15) is 4.79 Å². The van der Waals surface area contributed by atoms with Crippen LogP contribution in [0.25, 0.3) is 10.9 Å². The molecule has 2 N–H and O–H groups in total. The fourth-order valence-corrected chi connectivity index (χ4v) is 5.19. The Morgan fingerprint density at radius 1 is 1.16 bits per heavy atom. The molecule has 0 aromatic carbocycles. The number of nitrogens with one attached hydrogen (secondary N) is 2. The molecule has 5 atom stereocenters. The quantitative estimate of drug-likeness (QED) is 0.519. The number of pyridine rings is 2. The number of aromatic nitrogens is 4. The fraction of sp³-hybridized carbons (Fsp3) is 0.464. The molecule has 9 nitrogen and oxygen atoms in total. The van der Waals surface area contributed by atoms with E-state index in [4.69, 9.17) is 4.74 Å². The molecule has 6 rings (SSSR count). The highest BCUT2D eigenvalue weighted by Crippen LogP contribution is 2.50. The third kappa shape index (κ3) is 4.99. The normalized spacial score (nSPS) is 26.7. The number of morpholine rings is 1. The van der Waals surface area contributed by atoms with E-state index in [1.54, 1.807) is 13.2 Å². The highest BCUT2D eigenvalue weighted by molar-refractivity contribution is 5.97. The van der Waals surface area contributed by atoms with E-state index in [0.29, 0.717) is 52.3 Å². The lowest BCUT2D eigenvalue weighted by Gasteiger charge is -2.30. The predicted octanol–water partition coefficient (Wildman–Crippen LogP) is 2.89. The van der Waals surface area contributed by atoms with E-state index in [-0.39, 0.29) is 11.8 Å². The summed E-state index contributed by atoms with van der Waals surface area (Å²) in [5.74, 6) is 8.93. The molecule has 2 aliphatic carbocycles. The van der Waals surface area contributed by atoms with E-state index in [1.165, 1.54) is 5.56 Å². The second kappa shape index (κ2) is 9.69. The maximum atomic E-state index is 12.4. The Hall–Kier alpha value is -3.61. The number of fused-ring (bicyclic) bond motifs is 1. The average molecular weight is 498 g/mol. The molecule has 3 aliphatic rings. The van der Waals surface area contributed by atoms with Crippen LogP contribution in [0.2, 0.25) is 0 Å². The molecule has 3 aromatic heterocycles. The van der Waals surface area contributed by atoms with Crippen LogP contribution in [0, 0.1) is 29.6 Å². The van der Waals surface area contributed by atoms with Crippen LogP contribution in [0.1, 0.15) is 42.5 Å². The van der Waals surface area contributed by atoms with Gasteiger partial charge in [-0.05, 0) is 61.3 Å². The zero-order valence-electron chi connectivity index (χ0n) is 21.4. The third-order valence-corrected chi connectivity index (χ3v) is 7.72. The van der Waals surface area contributed by atoms with Crippen molar-refractivity contribution in [3.8, 4) is 11.8 Å². The number of ether oxygens (including phenoxy) is 1. The van der Waals surface area contributed by atoms with E-state index >= 15 is 0 Å². The minimum Gasteiger partial charge on any atom is -0.375 e. The van der Waals surface area contributed by atoms with Crippen LogP contribution in [0.4, 0.5) is 11.6 Å². The highest BCUT2D eigenvalue weighted by Gasteiger charge is 2.45. The van der Waals surface area contributed by atoms with Gasteiger partial charge in [-0.3, -0.25) is 4.79 Å². The minimum absolute atomic E-state index is 0.0130. The van der Waals surface area contributed by atoms with Crippen LogP contribution in [-0.4, -0.2) is 70.9 Å². The number of amides is 1. The first-order valence-electron chi connectivity index (χ1n) is 12.9. The van der Waals surface area contributed by atoms with Crippen molar-refractivity contribution in [1.82, 2.24) is 25.1 Å². The summed E-state index contributed by atoms with van der Waals surface area (Å²) in [6, 6.07) is 5.92. The molecular formula is C28H31N7O2. The minimum atomic E-state index is -0.0130. The number of anilines is 2. The molecule has 4 heterocycles. The second-order valence-corrected chi connectivity index (χ2v) is 10.5. The molecule has 2 saturated carbocycles. The number of hydrogen-bond acceptors (Lipinski definition) is 8. The van der Waals surface area contributed by atoms with Gasteiger partial charge in [-0.15, -0.1) is 10.2 Å². The SMILES string of the molecule is CNc1ncc(C#Cc2ccc([C@H]3C[C@@H]3[C@H]3CN(C)CCO3)cn2)c2cc(NC(=O)[C@H]3C[C@H]3C)nnc12. The number of hydrogen-bond donors (Lipinski definition) is 2. The number of carbonyl (C=O) groups is 1. The van der Waals surface area contributed by atoms with Crippen molar-refractivity contribution in [3.05, 3.63) is 47.4 Å². The fourth-order valence-electron chi connectivity index (χ4n) is 5.19. The molecular weight excluding hydrogens is 466 g/mol. The van der Waals surface area contributed by atoms with Crippen molar-refractivity contribution in [2.24, 2.45) is 17.8 Å². The molecule has 1 amide bonds. The number of likely N-dealkylation sites (N-methyl/N-ethyl adjacent to an activating group) is 1. The van der Waals surface area contributed by atoms with Crippen molar-refractivity contribution in [2.75, 3.05) is 44.4 Å². The van der Waals surface area contributed by atoms with Gasteiger partial charge < -0.3 is 20.3 Å². The zero-order valence-corrected chi connectivity index (χ0v) is 21.4. The Balaban J connectivity index is 1.20.